The Labute approximate surface area is 166 Å². The lowest BCUT2D eigenvalue weighted by atomic mass is 10.2. The van der Waals surface area contributed by atoms with Crippen molar-refractivity contribution in [1.29, 1.82) is 0 Å². The summed E-state index contributed by atoms with van der Waals surface area (Å²) in [6.45, 7) is 5.66. The molecule has 1 aliphatic rings. The number of ketones is 1. The number of aromatic nitrogens is 5. The molecule has 4 heterocycles. The van der Waals surface area contributed by atoms with Crippen molar-refractivity contribution in [3.05, 3.63) is 40.3 Å². The van der Waals surface area contributed by atoms with Crippen molar-refractivity contribution in [2.24, 2.45) is 0 Å². The highest BCUT2D eigenvalue weighted by molar-refractivity contribution is 7.99. The molecular formula is C18H20ClN5O2S. The summed E-state index contributed by atoms with van der Waals surface area (Å²) in [6, 6.07) is 5.37. The lowest BCUT2D eigenvalue weighted by molar-refractivity contribution is 0.0957. The molecule has 0 N–H and O–H groups in total. The molecule has 7 nitrogen and oxygen atoms in total. The third-order valence-electron chi connectivity index (χ3n) is 4.82. The maximum absolute atomic E-state index is 12.8. The summed E-state index contributed by atoms with van der Waals surface area (Å²) in [5.41, 5.74) is 3.42. The first-order valence-corrected chi connectivity index (χ1v) is 10.2. The van der Waals surface area contributed by atoms with Gasteiger partial charge in [-0.2, -0.15) is 9.61 Å². The first-order chi connectivity index (χ1) is 13.0. The van der Waals surface area contributed by atoms with E-state index in [0.717, 1.165) is 42.9 Å². The molecule has 0 radical (unpaired) electrons. The molecule has 4 rings (SSSR count). The van der Waals surface area contributed by atoms with Gasteiger partial charge in [0, 0.05) is 30.1 Å². The highest BCUT2D eigenvalue weighted by Gasteiger charge is 2.21. The smallest absolute Gasteiger partial charge is 0.212 e. The van der Waals surface area contributed by atoms with Crippen molar-refractivity contribution in [2.45, 2.75) is 44.5 Å². The maximum Gasteiger partial charge on any atom is 0.212 e. The number of aryl methyl sites for hydroxylation is 1. The van der Waals surface area contributed by atoms with Gasteiger partial charge in [0.15, 0.2) is 11.4 Å². The van der Waals surface area contributed by atoms with Crippen LogP contribution in [-0.4, -0.2) is 48.6 Å². The van der Waals surface area contributed by atoms with Crippen LogP contribution < -0.4 is 0 Å². The first-order valence-electron chi connectivity index (χ1n) is 8.85. The molecule has 3 aromatic heterocycles. The van der Waals surface area contributed by atoms with Crippen LogP contribution in [-0.2, 0) is 11.3 Å². The van der Waals surface area contributed by atoms with E-state index < -0.39 is 0 Å². The molecule has 0 amide bonds. The van der Waals surface area contributed by atoms with E-state index in [1.807, 2.05) is 19.9 Å². The molecule has 0 unspecified atom stereocenters. The number of carbonyl (C=O) groups excluding carboxylic acids is 1. The number of Topliss-reactive ketones (excluding diaryl/α,β-unsaturated/α-hetero) is 1. The van der Waals surface area contributed by atoms with Crippen molar-refractivity contribution in [1.82, 2.24) is 24.4 Å². The summed E-state index contributed by atoms with van der Waals surface area (Å²) in [7, 11) is 0. The van der Waals surface area contributed by atoms with Crippen molar-refractivity contribution >= 4 is 34.8 Å². The standard InChI is InChI=1S/C18H20ClN5O2S/c1-11-8-14(12(2)23(11)9-13-4-3-7-26-13)15(25)10-27-18-21-20-17-6-5-16(19)22-24(17)18/h5-6,8,13H,3-4,7,9-10H2,1-2H3/t13-/m0/s1. The van der Waals surface area contributed by atoms with Gasteiger partial charge in [-0.25, -0.2) is 0 Å². The van der Waals surface area contributed by atoms with Gasteiger partial charge in [-0.1, -0.05) is 23.4 Å². The summed E-state index contributed by atoms with van der Waals surface area (Å²) >= 11 is 7.25. The largest absolute Gasteiger partial charge is 0.376 e. The molecule has 0 saturated carbocycles. The predicted molar refractivity (Wildman–Crippen MR) is 104 cm³/mol. The van der Waals surface area contributed by atoms with Crippen LogP contribution in [0, 0.1) is 13.8 Å². The van der Waals surface area contributed by atoms with Crippen LogP contribution in [0.4, 0.5) is 0 Å². The Hall–Kier alpha value is -1.90. The number of thioether (sulfide) groups is 1. The Bertz CT molecular complexity index is 993. The van der Waals surface area contributed by atoms with E-state index in [-0.39, 0.29) is 17.6 Å². The molecule has 1 saturated heterocycles. The van der Waals surface area contributed by atoms with Gasteiger partial charge in [-0.15, -0.1) is 10.2 Å². The molecule has 3 aromatic rings. The number of carbonyl (C=O) groups is 1. The SMILES string of the molecule is Cc1cc(C(=O)CSc2nnc3ccc(Cl)nn23)c(C)n1C[C@@H]1CCCO1. The minimum Gasteiger partial charge on any atom is -0.376 e. The highest BCUT2D eigenvalue weighted by atomic mass is 35.5. The number of nitrogens with zero attached hydrogens (tertiary/aromatic N) is 5. The molecule has 1 aliphatic heterocycles. The van der Waals surface area contributed by atoms with Crippen LogP contribution in [0.15, 0.2) is 23.4 Å². The summed E-state index contributed by atoms with van der Waals surface area (Å²) < 4.78 is 9.48. The predicted octanol–water partition coefficient (Wildman–Crippen LogP) is 3.35. The molecule has 9 heteroatoms. The van der Waals surface area contributed by atoms with Gasteiger partial charge in [0.05, 0.1) is 11.9 Å². The Morgan fingerprint density at radius 3 is 3.00 bits per heavy atom. The minimum absolute atomic E-state index is 0.0606. The summed E-state index contributed by atoms with van der Waals surface area (Å²) in [6.07, 6.45) is 2.42. The number of ether oxygens (including phenoxy) is 1. The third-order valence-corrected chi connectivity index (χ3v) is 5.94. The van der Waals surface area contributed by atoms with Gasteiger partial charge in [0.25, 0.3) is 0 Å². The quantitative estimate of drug-likeness (QED) is 0.462. The monoisotopic (exact) mass is 405 g/mol. The van der Waals surface area contributed by atoms with Crippen molar-refractivity contribution in [3.63, 3.8) is 0 Å². The van der Waals surface area contributed by atoms with Crippen LogP contribution >= 0.6 is 23.4 Å². The molecule has 1 atom stereocenters. The summed E-state index contributed by atoms with van der Waals surface area (Å²) in [5.74, 6) is 0.324. The average Bonchev–Trinajstić information content (AvgIpc) is 3.36. The third kappa shape index (κ3) is 3.74. The fraction of sp³-hybridized carbons (Fsp3) is 0.444. The van der Waals surface area contributed by atoms with E-state index in [1.54, 1.807) is 16.6 Å². The Morgan fingerprint density at radius 2 is 2.22 bits per heavy atom. The molecular weight excluding hydrogens is 386 g/mol. The average molecular weight is 406 g/mol. The Balaban J connectivity index is 1.48. The van der Waals surface area contributed by atoms with E-state index in [4.69, 9.17) is 16.3 Å². The van der Waals surface area contributed by atoms with Crippen LogP contribution in [0.2, 0.25) is 5.15 Å². The second-order valence-electron chi connectivity index (χ2n) is 6.65. The van der Waals surface area contributed by atoms with E-state index in [0.29, 0.717) is 16.0 Å². The lowest BCUT2D eigenvalue weighted by Gasteiger charge is -2.14. The number of fused-ring (bicyclic) bond motifs is 1. The maximum atomic E-state index is 12.8. The molecule has 0 bridgehead atoms. The number of hydrogen-bond acceptors (Lipinski definition) is 6. The zero-order valence-corrected chi connectivity index (χ0v) is 16.8. The summed E-state index contributed by atoms with van der Waals surface area (Å²) in [5, 5.41) is 13.2. The van der Waals surface area contributed by atoms with E-state index in [2.05, 4.69) is 19.9 Å². The molecule has 0 aliphatic carbocycles. The first kappa shape index (κ1) is 18.5. The van der Waals surface area contributed by atoms with Gasteiger partial charge in [-0.05, 0) is 44.9 Å². The van der Waals surface area contributed by atoms with E-state index in [9.17, 15) is 4.79 Å². The fourth-order valence-corrected chi connectivity index (χ4v) is 4.31. The number of hydrogen-bond donors (Lipinski definition) is 0. The second-order valence-corrected chi connectivity index (χ2v) is 7.98. The van der Waals surface area contributed by atoms with E-state index >= 15 is 0 Å². The van der Waals surface area contributed by atoms with Gasteiger partial charge in [0.1, 0.15) is 5.15 Å². The van der Waals surface area contributed by atoms with Crippen LogP contribution in [0.5, 0.6) is 0 Å². The second kappa shape index (κ2) is 7.61. The zero-order valence-electron chi connectivity index (χ0n) is 15.2. The van der Waals surface area contributed by atoms with Crippen LogP contribution in [0.1, 0.15) is 34.6 Å². The van der Waals surface area contributed by atoms with Crippen molar-refractivity contribution < 1.29 is 9.53 Å². The van der Waals surface area contributed by atoms with Crippen LogP contribution in [0.25, 0.3) is 5.65 Å². The summed E-state index contributed by atoms with van der Waals surface area (Å²) in [4.78, 5) is 12.8. The van der Waals surface area contributed by atoms with Crippen molar-refractivity contribution in [3.8, 4) is 0 Å². The molecule has 0 aromatic carbocycles. The molecule has 27 heavy (non-hydrogen) atoms. The topological polar surface area (TPSA) is 74.3 Å². The minimum atomic E-state index is 0.0606. The lowest BCUT2D eigenvalue weighted by Crippen LogP contribution is -2.17. The van der Waals surface area contributed by atoms with Gasteiger partial charge >= 0.3 is 0 Å². The number of rotatable bonds is 6. The Morgan fingerprint density at radius 1 is 1.37 bits per heavy atom. The van der Waals surface area contributed by atoms with Gasteiger partial charge in [0.2, 0.25) is 5.16 Å². The zero-order chi connectivity index (χ0) is 19.0. The molecule has 0 spiro atoms. The van der Waals surface area contributed by atoms with Crippen LogP contribution in [0.3, 0.4) is 0 Å². The normalized spacial score (nSPS) is 17.1. The van der Waals surface area contributed by atoms with Gasteiger partial charge in [-0.3, -0.25) is 4.79 Å². The fourth-order valence-electron chi connectivity index (χ4n) is 3.40. The molecule has 1 fully saturated rings. The molecule has 142 valence electrons. The highest BCUT2D eigenvalue weighted by Crippen LogP contribution is 2.23. The Kier molecular flexibility index (Phi) is 5.21. The number of halogens is 1. The van der Waals surface area contributed by atoms with Crippen molar-refractivity contribution in [2.75, 3.05) is 12.4 Å². The van der Waals surface area contributed by atoms with E-state index in [1.165, 1.54) is 11.8 Å². The van der Waals surface area contributed by atoms with Gasteiger partial charge < -0.3 is 9.30 Å².